The van der Waals surface area contributed by atoms with Crippen molar-refractivity contribution >= 4 is 17.4 Å². The van der Waals surface area contributed by atoms with Gasteiger partial charge in [0, 0.05) is 18.7 Å². The maximum atomic E-state index is 13.3. The molecule has 1 fully saturated rings. The number of hydrogen-bond acceptors (Lipinski definition) is 4. The van der Waals surface area contributed by atoms with Crippen LogP contribution in [-0.2, 0) is 14.3 Å². The third-order valence-electron chi connectivity index (χ3n) is 4.77. The Bertz CT molecular complexity index is 906. The number of nitrogens with zero attached hydrogens (tertiary/aromatic N) is 1. The van der Waals surface area contributed by atoms with Crippen LogP contribution in [0.3, 0.4) is 0 Å². The van der Waals surface area contributed by atoms with Gasteiger partial charge >= 0.3 is 0 Å². The molecule has 1 aliphatic rings. The van der Waals surface area contributed by atoms with Crippen molar-refractivity contribution in [2.45, 2.75) is 32.4 Å². The van der Waals surface area contributed by atoms with Crippen molar-refractivity contribution in [1.82, 2.24) is 4.90 Å². The van der Waals surface area contributed by atoms with Crippen molar-refractivity contribution in [2.24, 2.45) is 0 Å². The molecule has 0 spiro atoms. The lowest BCUT2D eigenvalue weighted by molar-refractivity contribution is -0.140. The standard InChI is InChI=1S/C23H24FNO4/c1-15(2)29-14-6-13-25-20(16-7-4-3-5-8-16)19(22(27)23(25)28)21(26)17-9-11-18(24)12-10-17/h3-5,7-12,15,20,26H,6,13-14H2,1-2H3/b21-19+. The smallest absolute Gasteiger partial charge is 0.295 e. The van der Waals surface area contributed by atoms with Crippen LogP contribution in [0.2, 0.25) is 0 Å². The highest BCUT2D eigenvalue weighted by molar-refractivity contribution is 6.46. The Labute approximate surface area is 169 Å². The van der Waals surface area contributed by atoms with Crippen LogP contribution in [0.4, 0.5) is 4.39 Å². The van der Waals surface area contributed by atoms with Crippen LogP contribution in [0.15, 0.2) is 60.2 Å². The molecule has 0 bridgehead atoms. The highest BCUT2D eigenvalue weighted by Gasteiger charge is 2.45. The van der Waals surface area contributed by atoms with Gasteiger partial charge in [0.1, 0.15) is 11.6 Å². The number of ether oxygens (including phenoxy) is 1. The van der Waals surface area contributed by atoms with Gasteiger partial charge in [-0.2, -0.15) is 0 Å². The number of aliphatic hydroxyl groups excluding tert-OH is 1. The summed E-state index contributed by atoms with van der Waals surface area (Å²) < 4.78 is 18.8. The van der Waals surface area contributed by atoms with Gasteiger partial charge < -0.3 is 14.7 Å². The maximum Gasteiger partial charge on any atom is 0.295 e. The summed E-state index contributed by atoms with van der Waals surface area (Å²) in [7, 11) is 0. The van der Waals surface area contributed by atoms with Crippen molar-refractivity contribution in [3.05, 3.63) is 77.1 Å². The van der Waals surface area contributed by atoms with Gasteiger partial charge in [0.2, 0.25) is 0 Å². The van der Waals surface area contributed by atoms with Gasteiger partial charge in [0.05, 0.1) is 17.7 Å². The number of carbonyl (C=O) groups excluding carboxylic acids is 2. The van der Waals surface area contributed by atoms with E-state index in [0.29, 0.717) is 19.6 Å². The van der Waals surface area contributed by atoms with E-state index in [1.165, 1.54) is 29.2 Å². The van der Waals surface area contributed by atoms with Gasteiger partial charge in [-0.15, -0.1) is 0 Å². The van der Waals surface area contributed by atoms with E-state index in [2.05, 4.69) is 0 Å². The number of halogens is 1. The molecule has 1 saturated heterocycles. The Kier molecular flexibility index (Phi) is 6.44. The SMILES string of the molecule is CC(C)OCCCN1C(=O)C(=O)/C(=C(/O)c2ccc(F)cc2)C1c1ccccc1. The first-order chi connectivity index (χ1) is 13.9. The molecular formula is C23H24FNO4. The minimum atomic E-state index is -0.745. The fourth-order valence-corrected chi connectivity index (χ4v) is 3.41. The monoisotopic (exact) mass is 397 g/mol. The summed E-state index contributed by atoms with van der Waals surface area (Å²) in [5.74, 6) is -2.16. The third-order valence-corrected chi connectivity index (χ3v) is 4.77. The second-order valence-electron chi connectivity index (χ2n) is 7.18. The summed E-state index contributed by atoms with van der Waals surface area (Å²) in [4.78, 5) is 27.0. The Hall–Kier alpha value is -2.99. The van der Waals surface area contributed by atoms with E-state index in [4.69, 9.17) is 4.74 Å². The van der Waals surface area contributed by atoms with E-state index in [1.54, 1.807) is 0 Å². The number of aliphatic hydroxyl groups is 1. The van der Waals surface area contributed by atoms with E-state index in [0.717, 1.165) is 5.56 Å². The van der Waals surface area contributed by atoms with Crippen molar-refractivity contribution in [3.8, 4) is 0 Å². The number of ketones is 1. The Morgan fingerprint density at radius 3 is 2.38 bits per heavy atom. The number of likely N-dealkylation sites (tertiary alicyclic amines) is 1. The van der Waals surface area contributed by atoms with E-state index < -0.39 is 23.5 Å². The first-order valence-electron chi connectivity index (χ1n) is 9.61. The molecule has 1 amide bonds. The molecule has 1 atom stereocenters. The summed E-state index contributed by atoms with van der Waals surface area (Å²) in [6.07, 6.45) is 0.638. The van der Waals surface area contributed by atoms with Crippen molar-refractivity contribution in [2.75, 3.05) is 13.2 Å². The van der Waals surface area contributed by atoms with Crippen LogP contribution in [0.1, 0.15) is 37.4 Å². The Morgan fingerprint density at radius 1 is 1.10 bits per heavy atom. The number of amides is 1. The van der Waals surface area contributed by atoms with E-state index >= 15 is 0 Å². The number of hydrogen-bond donors (Lipinski definition) is 1. The van der Waals surface area contributed by atoms with Gasteiger partial charge in [-0.1, -0.05) is 30.3 Å². The topological polar surface area (TPSA) is 66.8 Å². The first-order valence-corrected chi connectivity index (χ1v) is 9.61. The third kappa shape index (κ3) is 4.54. The van der Waals surface area contributed by atoms with Crippen molar-refractivity contribution in [1.29, 1.82) is 0 Å². The van der Waals surface area contributed by atoms with Gasteiger partial charge in [0.25, 0.3) is 11.7 Å². The molecule has 29 heavy (non-hydrogen) atoms. The van der Waals surface area contributed by atoms with Crippen LogP contribution in [0, 0.1) is 5.82 Å². The second-order valence-corrected chi connectivity index (χ2v) is 7.18. The zero-order valence-electron chi connectivity index (χ0n) is 16.5. The largest absolute Gasteiger partial charge is 0.507 e. The van der Waals surface area contributed by atoms with Gasteiger partial charge in [-0.05, 0) is 50.1 Å². The lowest BCUT2D eigenvalue weighted by atomic mass is 9.95. The second kappa shape index (κ2) is 9.01. The summed E-state index contributed by atoms with van der Waals surface area (Å²) in [5, 5.41) is 10.8. The molecule has 1 aliphatic heterocycles. The molecule has 2 aromatic carbocycles. The summed E-state index contributed by atoms with van der Waals surface area (Å²) >= 11 is 0. The maximum absolute atomic E-state index is 13.3. The van der Waals surface area contributed by atoms with Gasteiger partial charge in [0.15, 0.2) is 0 Å². The zero-order chi connectivity index (χ0) is 21.0. The number of benzene rings is 2. The quantitative estimate of drug-likeness (QED) is 0.331. The predicted molar refractivity (Wildman–Crippen MR) is 108 cm³/mol. The normalized spacial score (nSPS) is 18.6. The minimum absolute atomic E-state index is 0.0117. The molecule has 0 aliphatic carbocycles. The summed E-state index contributed by atoms with van der Waals surface area (Å²) in [6, 6.07) is 13.6. The molecule has 1 N–H and O–H groups in total. The molecule has 1 heterocycles. The Morgan fingerprint density at radius 2 is 1.76 bits per heavy atom. The molecule has 6 heteroatoms. The molecule has 5 nitrogen and oxygen atoms in total. The summed E-state index contributed by atoms with van der Waals surface area (Å²) in [6.45, 7) is 4.63. The summed E-state index contributed by atoms with van der Waals surface area (Å²) in [5.41, 5.74) is 1.02. The van der Waals surface area contributed by atoms with Gasteiger partial charge in [-0.3, -0.25) is 9.59 Å². The molecule has 2 aromatic rings. The average Bonchev–Trinajstić information content (AvgIpc) is 2.96. The molecular weight excluding hydrogens is 373 g/mol. The zero-order valence-corrected chi connectivity index (χ0v) is 16.5. The van der Waals surface area contributed by atoms with E-state index in [9.17, 15) is 19.1 Å². The predicted octanol–water partition coefficient (Wildman–Crippen LogP) is 4.06. The van der Waals surface area contributed by atoms with Crippen molar-refractivity contribution in [3.63, 3.8) is 0 Å². The van der Waals surface area contributed by atoms with Crippen LogP contribution in [0.25, 0.3) is 5.76 Å². The van der Waals surface area contributed by atoms with Crippen LogP contribution < -0.4 is 0 Å². The molecule has 0 radical (unpaired) electrons. The lowest BCUT2D eigenvalue weighted by Crippen LogP contribution is -2.31. The molecule has 0 aromatic heterocycles. The molecule has 0 saturated carbocycles. The molecule has 1 unspecified atom stereocenters. The number of rotatable bonds is 7. The van der Waals surface area contributed by atoms with Crippen LogP contribution >= 0.6 is 0 Å². The van der Waals surface area contributed by atoms with E-state index in [1.807, 2.05) is 44.2 Å². The average molecular weight is 397 g/mol. The highest BCUT2D eigenvalue weighted by Crippen LogP contribution is 2.39. The molecule has 152 valence electrons. The van der Waals surface area contributed by atoms with Crippen LogP contribution in [0.5, 0.6) is 0 Å². The first kappa shape index (κ1) is 20.7. The lowest BCUT2D eigenvalue weighted by Gasteiger charge is -2.25. The highest BCUT2D eigenvalue weighted by atomic mass is 19.1. The fourth-order valence-electron chi connectivity index (χ4n) is 3.41. The minimum Gasteiger partial charge on any atom is -0.507 e. The van der Waals surface area contributed by atoms with Crippen molar-refractivity contribution < 1.29 is 23.8 Å². The van der Waals surface area contributed by atoms with Gasteiger partial charge in [-0.25, -0.2) is 4.39 Å². The Balaban J connectivity index is 1.99. The fraction of sp³-hybridized carbons (Fsp3) is 0.304. The van der Waals surface area contributed by atoms with E-state index in [-0.39, 0.29) is 23.0 Å². The number of Topliss-reactive ketones (excluding diaryl/α,β-unsaturated/α-hetero) is 1. The number of carbonyl (C=O) groups is 2. The van der Waals surface area contributed by atoms with Crippen LogP contribution in [-0.4, -0.2) is 41.0 Å². The molecule has 3 rings (SSSR count).